The first kappa shape index (κ1) is 14.2. The number of benzene rings is 1. The molecule has 6 heteroatoms. The zero-order valence-electron chi connectivity index (χ0n) is 11.5. The minimum absolute atomic E-state index is 0.0757. The largest absolute Gasteiger partial charge is 0.454 e. The van der Waals surface area contributed by atoms with Gasteiger partial charge in [-0.3, -0.25) is 4.79 Å². The standard InChI is InChI=1S/C16H12N2O3S/c19-15(8-7-11-4-3-9-22-11)21-10-14-17-13-6-2-1-5-12(13)16(20)18-14/h1-9H,10H2,(H,17,18,20)/b8-7+. The molecule has 0 bridgehead atoms. The van der Waals surface area contributed by atoms with Crippen molar-refractivity contribution in [3.8, 4) is 0 Å². The molecule has 2 aromatic heterocycles. The number of ether oxygens (including phenoxy) is 1. The van der Waals surface area contributed by atoms with Gasteiger partial charge in [0, 0.05) is 11.0 Å². The fraction of sp³-hybridized carbons (Fsp3) is 0.0625. The molecule has 5 nitrogen and oxygen atoms in total. The molecule has 22 heavy (non-hydrogen) atoms. The number of carbonyl (C=O) groups excluding carboxylic acids is 1. The number of H-pyrrole nitrogens is 1. The predicted molar refractivity (Wildman–Crippen MR) is 85.5 cm³/mol. The summed E-state index contributed by atoms with van der Waals surface area (Å²) in [5.74, 6) is -0.161. The first-order valence-electron chi connectivity index (χ1n) is 6.59. The Morgan fingerprint density at radius 1 is 1.27 bits per heavy atom. The van der Waals surface area contributed by atoms with E-state index in [4.69, 9.17) is 4.74 Å². The van der Waals surface area contributed by atoms with Crippen molar-refractivity contribution in [2.75, 3.05) is 0 Å². The van der Waals surface area contributed by atoms with Crippen molar-refractivity contribution in [3.63, 3.8) is 0 Å². The molecular weight excluding hydrogens is 300 g/mol. The molecule has 0 atom stereocenters. The van der Waals surface area contributed by atoms with Gasteiger partial charge in [-0.25, -0.2) is 9.78 Å². The summed E-state index contributed by atoms with van der Waals surface area (Å²) >= 11 is 1.53. The first-order valence-corrected chi connectivity index (χ1v) is 7.46. The van der Waals surface area contributed by atoms with E-state index < -0.39 is 5.97 Å². The van der Waals surface area contributed by atoms with Gasteiger partial charge in [0.1, 0.15) is 12.4 Å². The third kappa shape index (κ3) is 3.29. The number of aromatic amines is 1. The summed E-state index contributed by atoms with van der Waals surface area (Å²) in [7, 11) is 0. The highest BCUT2D eigenvalue weighted by atomic mass is 32.1. The van der Waals surface area contributed by atoms with Crippen LogP contribution in [0.15, 0.2) is 52.6 Å². The van der Waals surface area contributed by atoms with Gasteiger partial charge in [-0.15, -0.1) is 11.3 Å². The van der Waals surface area contributed by atoms with Gasteiger partial charge in [-0.2, -0.15) is 0 Å². The summed E-state index contributed by atoms with van der Waals surface area (Å²) in [6, 6.07) is 10.8. The Labute approximate surface area is 129 Å². The smallest absolute Gasteiger partial charge is 0.331 e. The lowest BCUT2D eigenvalue weighted by Crippen LogP contribution is -2.13. The van der Waals surface area contributed by atoms with E-state index in [0.717, 1.165) is 4.88 Å². The van der Waals surface area contributed by atoms with Gasteiger partial charge in [0.15, 0.2) is 0 Å². The number of para-hydroxylation sites is 1. The number of nitrogens with one attached hydrogen (secondary N) is 1. The molecule has 0 unspecified atom stereocenters. The Morgan fingerprint density at radius 3 is 2.95 bits per heavy atom. The summed E-state index contributed by atoms with van der Waals surface area (Å²) in [5.41, 5.74) is 0.331. The predicted octanol–water partition coefficient (Wildman–Crippen LogP) is 2.74. The second kappa shape index (κ2) is 6.36. The fourth-order valence-electron chi connectivity index (χ4n) is 1.93. The van der Waals surface area contributed by atoms with Crippen LogP contribution in [0, 0.1) is 0 Å². The molecule has 0 aliphatic carbocycles. The van der Waals surface area contributed by atoms with Crippen LogP contribution in [0.2, 0.25) is 0 Å². The number of rotatable bonds is 4. The Hall–Kier alpha value is -2.73. The van der Waals surface area contributed by atoms with Crippen LogP contribution in [-0.2, 0) is 16.1 Å². The van der Waals surface area contributed by atoms with Crippen molar-refractivity contribution in [2.24, 2.45) is 0 Å². The van der Waals surface area contributed by atoms with Gasteiger partial charge in [0.2, 0.25) is 0 Å². The van der Waals surface area contributed by atoms with Gasteiger partial charge in [-0.1, -0.05) is 18.2 Å². The molecule has 2 heterocycles. The maximum atomic E-state index is 11.9. The lowest BCUT2D eigenvalue weighted by Gasteiger charge is -2.03. The Kier molecular flexibility index (Phi) is 4.11. The van der Waals surface area contributed by atoms with E-state index in [0.29, 0.717) is 16.7 Å². The molecular formula is C16H12N2O3S. The lowest BCUT2D eigenvalue weighted by molar-refractivity contribution is -0.139. The minimum atomic E-state index is -0.482. The first-order chi connectivity index (χ1) is 10.7. The van der Waals surface area contributed by atoms with Crippen molar-refractivity contribution in [1.82, 2.24) is 9.97 Å². The SMILES string of the molecule is O=C(/C=C/c1cccs1)OCc1nc2ccccc2c(=O)[nH]1. The number of esters is 1. The number of hydrogen-bond donors (Lipinski definition) is 1. The van der Waals surface area contributed by atoms with E-state index >= 15 is 0 Å². The monoisotopic (exact) mass is 312 g/mol. The van der Waals surface area contributed by atoms with Gasteiger partial charge < -0.3 is 9.72 Å². The van der Waals surface area contributed by atoms with Crippen LogP contribution >= 0.6 is 11.3 Å². The number of aromatic nitrogens is 2. The number of hydrogen-bond acceptors (Lipinski definition) is 5. The van der Waals surface area contributed by atoms with Crippen LogP contribution in [0.4, 0.5) is 0 Å². The molecule has 0 aliphatic heterocycles. The molecule has 0 aliphatic rings. The van der Waals surface area contributed by atoms with Crippen molar-refractivity contribution in [2.45, 2.75) is 6.61 Å². The van der Waals surface area contributed by atoms with E-state index in [2.05, 4.69) is 9.97 Å². The molecule has 0 fully saturated rings. The Morgan fingerprint density at radius 2 is 2.14 bits per heavy atom. The third-order valence-corrected chi connectivity index (χ3v) is 3.78. The van der Waals surface area contributed by atoms with Crippen LogP contribution < -0.4 is 5.56 Å². The van der Waals surface area contributed by atoms with Gasteiger partial charge in [0.25, 0.3) is 5.56 Å². The number of thiophene rings is 1. The lowest BCUT2D eigenvalue weighted by atomic mass is 10.2. The summed E-state index contributed by atoms with van der Waals surface area (Å²) in [6.07, 6.45) is 3.04. The molecule has 110 valence electrons. The summed E-state index contributed by atoms with van der Waals surface area (Å²) < 4.78 is 5.08. The van der Waals surface area contributed by atoms with E-state index in [1.54, 1.807) is 30.3 Å². The average molecular weight is 312 g/mol. The second-order valence-electron chi connectivity index (χ2n) is 4.49. The van der Waals surface area contributed by atoms with E-state index in [1.165, 1.54) is 17.4 Å². The summed E-state index contributed by atoms with van der Waals surface area (Å²) in [5, 5.41) is 2.43. The highest BCUT2D eigenvalue weighted by Crippen LogP contribution is 2.10. The van der Waals surface area contributed by atoms with Crippen LogP contribution in [0.1, 0.15) is 10.7 Å². The molecule has 1 aromatic carbocycles. The number of carbonyl (C=O) groups is 1. The molecule has 3 aromatic rings. The minimum Gasteiger partial charge on any atom is -0.454 e. The van der Waals surface area contributed by atoms with E-state index in [9.17, 15) is 9.59 Å². The quantitative estimate of drug-likeness (QED) is 0.594. The van der Waals surface area contributed by atoms with Crippen LogP contribution in [0.25, 0.3) is 17.0 Å². The van der Waals surface area contributed by atoms with Gasteiger partial charge in [0.05, 0.1) is 10.9 Å². The molecule has 3 rings (SSSR count). The van der Waals surface area contributed by atoms with E-state index in [-0.39, 0.29) is 12.2 Å². The van der Waals surface area contributed by atoms with Gasteiger partial charge in [-0.05, 0) is 29.7 Å². The van der Waals surface area contributed by atoms with Crippen LogP contribution in [0.3, 0.4) is 0 Å². The van der Waals surface area contributed by atoms with Crippen molar-refractivity contribution >= 4 is 34.3 Å². The fourth-order valence-corrected chi connectivity index (χ4v) is 2.55. The van der Waals surface area contributed by atoms with Crippen molar-refractivity contribution in [3.05, 3.63) is 68.9 Å². The van der Waals surface area contributed by atoms with E-state index in [1.807, 2.05) is 17.5 Å². The highest BCUT2D eigenvalue weighted by Gasteiger charge is 2.05. The summed E-state index contributed by atoms with van der Waals surface area (Å²) in [4.78, 5) is 31.4. The normalized spacial score (nSPS) is 11.1. The second-order valence-corrected chi connectivity index (χ2v) is 5.47. The highest BCUT2D eigenvalue weighted by molar-refractivity contribution is 7.10. The van der Waals surface area contributed by atoms with Crippen molar-refractivity contribution in [1.29, 1.82) is 0 Å². The Bertz CT molecular complexity index is 882. The molecule has 0 saturated carbocycles. The zero-order valence-corrected chi connectivity index (χ0v) is 12.3. The molecule has 0 saturated heterocycles. The molecule has 1 N–H and O–H groups in total. The number of nitrogens with zero attached hydrogens (tertiary/aromatic N) is 1. The average Bonchev–Trinajstić information content (AvgIpc) is 3.04. The molecule has 0 amide bonds. The third-order valence-electron chi connectivity index (χ3n) is 2.94. The summed E-state index contributed by atoms with van der Waals surface area (Å²) in [6.45, 7) is -0.0757. The maximum absolute atomic E-state index is 11.9. The van der Waals surface area contributed by atoms with Crippen LogP contribution in [-0.4, -0.2) is 15.9 Å². The van der Waals surface area contributed by atoms with Crippen molar-refractivity contribution < 1.29 is 9.53 Å². The zero-order chi connectivity index (χ0) is 15.4. The molecule has 0 spiro atoms. The van der Waals surface area contributed by atoms with Gasteiger partial charge >= 0.3 is 5.97 Å². The molecule has 0 radical (unpaired) electrons. The van der Waals surface area contributed by atoms with Crippen LogP contribution in [0.5, 0.6) is 0 Å². The topological polar surface area (TPSA) is 72.0 Å². The Balaban J connectivity index is 1.69. The number of fused-ring (bicyclic) bond motifs is 1. The maximum Gasteiger partial charge on any atom is 0.331 e.